The third-order valence-corrected chi connectivity index (χ3v) is 3.09. The summed E-state index contributed by atoms with van der Waals surface area (Å²) in [5.41, 5.74) is 1.04. The molecular weight excluding hydrogens is 320 g/mol. The van der Waals surface area contributed by atoms with Crippen molar-refractivity contribution in [1.29, 1.82) is 0 Å². The number of halogens is 1. The predicted molar refractivity (Wildman–Crippen MR) is 71.7 cm³/mol. The normalized spacial score (nSPS) is 11.4. The van der Waals surface area contributed by atoms with Gasteiger partial charge in [0.25, 0.3) is 5.95 Å². The molecule has 0 aliphatic heterocycles. The van der Waals surface area contributed by atoms with Crippen LogP contribution in [0.5, 0.6) is 0 Å². The van der Waals surface area contributed by atoms with Gasteiger partial charge in [0.05, 0.1) is 12.8 Å². The summed E-state index contributed by atoms with van der Waals surface area (Å²) in [6.45, 7) is 0.526. The average Bonchev–Trinajstić information content (AvgIpc) is 2.62. The van der Waals surface area contributed by atoms with E-state index in [-0.39, 0.29) is 5.95 Å². The van der Waals surface area contributed by atoms with Crippen LogP contribution >= 0.6 is 15.9 Å². The van der Waals surface area contributed by atoms with E-state index < -0.39 is 10.0 Å². The van der Waals surface area contributed by atoms with Gasteiger partial charge in [0, 0.05) is 4.47 Å². The number of aromatic nitrogens is 3. The van der Waals surface area contributed by atoms with Crippen LogP contribution in [0.15, 0.2) is 35.1 Å². The molecule has 0 aliphatic rings. The van der Waals surface area contributed by atoms with E-state index in [0.717, 1.165) is 16.3 Å². The lowest BCUT2D eigenvalue weighted by Gasteiger charge is -2.01. The van der Waals surface area contributed by atoms with E-state index in [1.807, 2.05) is 24.3 Å². The molecule has 0 atom stereocenters. The highest BCUT2D eigenvalue weighted by Gasteiger charge is 2.06. The van der Waals surface area contributed by atoms with Gasteiger partial charge in [-0.1, -0.05) is 28.1 Å². The lowest BCUT2D eigenvalue weighted by molar-refractivity contribution is 0.606. The Hall–Kier alpha value is -1.41. The fourth-order valence-electron chi connectivity index (χ4n) is 1.41. The average molecular weight is 331 g/mol. The number of nitrogens with one attached hydrogen (secondary N) is 1. The Bertz CT molecular complexity index is 653. The summed E-state index contributed by atoms with van der Waals surface area (Å²) in [6, 6.07) is 7.77. The Kier molecular flexibility index (Phi) is 3.67. The van der Waals surface area contributed by atoms with E-state index in [0.29, 0.717) is 6.54 Å². The Labute approximate surface area is 113 Å². The van der Waals surface area contributed by atoms with Crippen LogP contribution in [0, 0.1) is 0 Å². The quantitative estimate of drug-likeness (QED) is 0.920. The van der Waals surface area contributed by atoms with Crippen LogP contribution < -0.4 is 4.72 Å². The van der Waals surface area contributed by atoms with Crippen molar-refractivity contribution >= 4 is 31.9 Å². The van der Waals surface area contributed by atoms with E-state index >= 15 is 0 Å². The summed E-state index contributed by atoms with van der Waals surface area (Å²) in [5.74, 6) is 0.0764. The molecule has 0 bridgehead atoms. The van der Waals surface area contributed by atoms with Crippen LogP contribution in [-0.4, -0.2) is 29.4 Å². The van der Waals surface area contributed by atoms with Crippen LogP contribution in [0.25, 0.3) is 0 Å². The third-order valence-electron chi connectivity index (χ3n) is 2.05. The van der Waals surface area contributed by atoms with Crippen molar-refractivity contribution in [3.05, 3.63) is 40.6 Å². The van der Waals surface area contributed by atoms with Crippen LogP contribution in [0.4, 0.5) is 5.95 Å². The lowest BCUT2D eigenvalue weighted by atomic mass is 10.2. The van der Waals surface area contributed by atoms with E-state index in [9.17, 15) is 8.42 Å². The molecular formula is C10H11BrN4O2S. The zero-order valence-corrected chi connectivity index (χ0v) is 11.9. The van der Waals surface area contributed by atoms with E-state index in [1.165, 1.54) is 6.33 Å². The predicted octanol–water partition coefficient (Wildman–Crippen LogP) is 1.46. The number of rotatable bonds is 4. The van der Waals surface area contributed by atoms with Crippen LogP contribution in [-0.2, 0) is 16.6 Å². The van der Waals surface area contributed by atoms with Gasteiger partial charge in [-0.05, 0) is 17.7 Å². The molecule has 1 aromatic carbocycles. The molecule has 0 radical (unpaired) electrons. The molecule has 8 heteroatoms. The van der Waals surface area contributed by atoms with E-state index in [1.54, 1.807) is 4.68 Å². The molecule has 1 N–H and O–H groups in total. The Morgan fingerprint density at radius 2 is 2.22 bits per heavy atom. The minimum absolute atomic E-state index is 0.0764. The van der Waals surface area contributed by atoms with Gasteiger partial charge < -0.3 is 0 Å². The summed E-state index contributed by atoms with van der Waals surface area (Å²) >= 11 is 3.38. The van der Waals surface area contributed by atoms with E-state index in [2.05, 4.69) is 30.7 Å². The van der Waals surface area contributed by atoms with Crippen molar-refractivity contribution < 1.29 is 8.42 Å². The van der Waals surface area contributed by atoms with Crippen molar-refractivity contribution in [2.75, 3.05) is 11.0 Å². The van der Waals surface area contributed by atoms with Crippen molar-refractivity contribution in [2.24, 2.45) is 0 Å². The maximum absolute atomic E-state index is 11.0. The largest absolute Gasteiger partial charge is 0.255 e. The maximum atomic E-state index is 11.0. The monoisotopic (exact) mass is 330 g/mol. The van der Waals surface area contributed by atoms with E-state index in [4.69, 9.17) is 0 Å². The highest BCUT2D eigenvalue weighted by Crippen LogP contribution is 2.12. The molecule has 0 unspecified atom stereocenters. The van der Waals surface area contributed by atoms with Gasteiger partial charge in [0.2, 0.25) is 10.0 Å². The first kappa shape index (κ1) is 13.0. The second kappa shape index (κ2) is 5.07. The van der Waals surface area contributed by atoms with Crippen molar-refractivity contribution in [1.82, 2.24) is 14.8 Å². The molecule has 0 fully saturated rings. The summed E-state index contributed by atoms with van der Waals surface area (Å²) in [5, 5.41) is 4.02. The molecule has 0 spiro atoms. The van der Waals surface area contributed by atoms with Crippen molar-refractivity contribution in [2.45, 2.75) is 6.54 Å². The Morgan fingerprint density at radius 1 is 1.44 bits per heavy atom. The van der Waals surface area contributed by atoms with Gasteiger partial charge >= 0.3 is 0 Å². The number of hydrogen-bond acceptors (Lipinski definition) is 4. The number of hydrogen-bond donors (Lipinski definition) is 1. The second-order valence-electron chi connectivity index (χ2n) is 3.77. The molecule has 18 heavy (non-hydrogen) atoms. The van der Waals surface area contributed by atoms with Crippen LogP contribution in [0.3, 0.4) is 0 Å². The molecule has 1 aromatic heterocycles. The highest BCUT2D eigenvalue weighted by molar-refractivity contribution is 9.10. The van der Waals surface area contributed by atoms with Crippen molar-refractivity contribution in [3.8, 4) is 0 Å². The lowest BCUT2D eigenvalue weighted by Crippen LogP contribution is -2.11. The molecule has 2 aromatic rings. The first-order valence-corrected chi connectivity index (χ1v) is 7.72. The first-order valence-electron chi connectivity index (χ1n) is 5.04. The number of nitrogens with zero attached hydrogens (tertiary/aromatic N) is 3. The maximum Gasteiger partial charge on any atom is 0.255 e. The summed E-state index contributed by atoms with van der Waals surface area (Å²) in [4.78, 5) is 3.87. The Balaban J connectivity index is 2.12. The SMILES string of the molecule is CS(=O)(=O)Nc1ncn(Cc2cccc(Br)c2)n1. The van der Waals surface area contributed by atoms with Gasteiger partial charge in [-0.2, -0.15) is 4.98 Å². The molecule has 6 nitrogen and oxygen atoms in total. The van der Waals surface area contributed by atoms with Gasteiger partial charge in [0.1, 0.15) is 6.33 Å². The fourth-order valence-corrected chi connectivity index (χ4v) is 2.28. The summed E-state index contributed by atoms with van der Waals surface area (Å²) in [6.07, 6.45) is 2.54. The van der Waals surface area contributed by atoms with Crippen LogP contribution in [0.1, 0.15) is 5.56 Å². The zero-order valence-electron chi connectivity index (χ0n) is 9.54. The molecule has 0 aliphatic carbocycles. The van der Waals surface area contributed by atoms with Crippen LogP contribution in [0.2, 0.25) is 0 Å². The third kappa shape index (κ3) is 3.81. The minimum Gasteiger partial charge on any atom is -0.250 e. The molecule has 1 heterocycles. The van der Waals surface area contributed by atoms with Gasteiger partial charge in [-0.25, -0.2) is 13.1 Å². The summed E-state index contributed by atoms with van der Waals surface area (Å²) in [7, 11) is -3.34. The van der Waals surface area contributed by atoms with Gasteiger partial charge in [-0.3, -0.25) is 4.72 Å². The fraction of sp³-hybridized carbons (Fsp3) is 0.200. The minimum atomic E-state index is -3.34. The molecule has 96 valence electrons. The van der Waals surface area contributed by atoms with Crippen molar-refractivity contribution in [3.63, 3.8) is 0 Å². The molecule has 0 amide bonds. The Morgan fingerprint density at radius 3 is 2.89 bits per heavy atom. The molecule has 2 rings (SSSR count). The standard InChI is InChI=1S/C10H11BrN4O2S/c1-18(16,17)14-10-12-7-15(13-10)6-8-3-2-4-9(11)5-8/h2-5,7H,6H2,1H3,(H,13,14). The second-order valence-corrected chi connectivity index (χ2v) is 6.43. The summed E-state index contributed by atoms with van der Waals surface area (Å²) < 4.78 is 26.8. The number of sulfonamides is 1. The molecule has 0 saturated carbocycles. The van der Waals surface area contributed by atoms with Gasteiger partial charge in [-0.15, -0.1) is 5.10 Å². The zero-order chi connectivity index (χ0) is 13.2. The topological polar surface area (TPSA) is 76.9 Å². The van der Waals surface area contributed by atoms with Gasteiger partial charge in [0.15, 0.2) is 0 Å². The molecule has 0 saturated heterocycles. The first-order chi connectivity index (χ1) is 8.42. The highest BCUT2D eigenvalue weighted by atomic mass is 79.9. The number of benzene rings is 1. The number of anilines is 1. The smallest absolute Gasteiger partial charge is 0.250 e.